The van der Waals surface area contributed by atoms with E-state index < -0.39 is 0 Å². The van der Waals surface area contributed by atoms with Gasteiger partial charge in [-0.2, -0.15) is 0 Å². The zero-order valence-corrected chi connectivity index (χ0v) is 10.8. The van der Waals surface area contributed by atoms with Crippen molar-refractivity contribution in [3.05, 3.63) is 29.6 Å². The lowest BCUT2D eigenvalue weighted by Gasteiger charge is -2.18. The first-order valence-electron chi connectivity index (χ1n) is 6.68. The molecule has 1 N–H and O–H groups in total. The van der Waals surface area contributed by atoms with E-state index in [4.69, 9.17) is 0 Å². The molecule has 2 rings (SSSR count). The van der Waals surface area contributed by atoms with E-state index in [0.29, 0.717) is 11.7 Å². The van der Waals surface area contributed by atoms with Crippen molar-refractivity contribution in [2.24, 2.45) is 5.92 Å². The van der Waals surface area contributed by atoms with Gasteiger partial charge in [-0.1, -0.05) is 31.9 Å². The molecule has 0 aliphatic heterocycles. The maximum absolute atomic E-state index is 13.9. The number of halogens is 1. The zero-order valence-electron chi connectivity index (χ0n) is 10.8. The third-order valence-corrected chi connectivity index (χ3v) is 3.81. The Kier molecular flexibility index (Phi) is 4.03. The average molecular weight is 235 g/mol. The smallest absolute Gasteiger partial charge is 0.149 e. The second-order valence-electron chi connectivity index (χ2n) is 5.39. The topological polar surface area (TPSA) is 12.0 Å². The predicted molar refractivity (Wildman–Crippen MR) is 70.8 cm³/mol. The summed E-state index contributed by atoms with van der Waals surface area (Å²) in [6.45, 7) is 4.13. The van der Waals surface area contributed by atoms with Crippen LogP contribution in [0.3, 0.4) is 0 Å². The normalized spacial score (nSPS) is 25.4. The average Bonchev–Trinajstić information content (AvgIpc) is 2.50. The van der Waals surface area contributed by atoms with Gasteiger partial charge in [-0.15, -0.1) is 0 Å². The molecule has 2 atom stereocenters. The third kappa shape index (κ3) is 3.21. The van der Waals surface area contributed by atoms with E-state index in [2.05, 4.69) is 12.2 Å². The molecule has 0 spiro atoms. The Morgan fingerprint density at radius 2 is 2.00 bits per heavy atom. The van der Waals surface area contributed by atoms with Crippen molar-refractivity contribution >= 4 is 5.69 Å². The molecule has 1 aliphatic rings. The highest BCUT2D eigenvalue weighted by Crippen LogP contribution is 2.26. The number of benzene rings is 1. The van der Waals surface area contributed by atoms with Crippen LogP contribution in [0.5, 0.6) is 0 Å². The Labute approximate surface area is 103 Å². The van der Waals surface area contributed by atoms with Gasteiger partial charge in [-0.3, -0.25) is 0 Å². The highest BCUT2D eigenvalue weighted by Gasteiger charge is 2.17. The van der Waals surface area contributed by atoms with Crippen molar-refractivity contribution in [1.29, 1.82) is 0 Å². The number of nitrogens with one attached hydrogen (secondary N) is 1. The van der Waals surface area contributed by atoms with Crippen LogP contribution < -0.4 is 5.32 Å². The van der Waals surface area contributed by atoms with Crippen molar-refractivity contribution in [3.63, 3.8) is 0 Å². The van der Waals surface area contributed by atoms with Crippen LogP contribution in [0.15, 0.2) is 18.2 Å². The molecule has 1 aliphatic carbocycles. The summed E-state index contributed by atoms with van der Waals surface area (Å²) < 4.78 is 13.9. The minimum absolute atomic E-state index is 0.0928. The summed E-state index contributed by atoms with van der Waals surface area (Å²) in [5, 5.41) is 3.38. The lowest BCUT2D eigenvalue weighted by molar-refractivity contribution is 0.501. The molecule has 0 amide bonds. The van der Waals surface area contributed by atoms with Crippen LogP contribution in [0, 0.1) is 18.7 Å². The van der Waals surface area contributed by atoms with E-state index in [1.807, 2.05) is 25.1 Å². The van der Waals surface area contributed by atoms with Gasteiger partial charge in [0, 0.05) is 6.04 Å². The fraction of sp³-hybridized carbons (Fsp3) is 0.600. The molecule has 1 saturated carbocycles. The molecule has 0 bridgehead atoms. The van der Waals surface area contributed by atoms with Gasteiger partial charge in [-0.25, -0.2) is 4.39 Å². The molecule has 2 heteroatoms. The van der Waals surface area contributed by atoms with Crippen molar-refractivity contribution in [1.82, 2.24) is 0 Å². The Balaban J connectivity index is 2.02. The molecule has 1 aromatic carbocycles. The molecule has 1 nitrogen and oxygen atoms in total. The number of rotatable bonds is 2. The summed E-state index contributed by atoms with van der Waals surface area (Å²) in [7, 11) is 0. The molecular weight excluding hydrogens is 213 g/mol. The summed E-state index contributed by atoms with van der Waals surface area (Å²) in [5.41, 5.74) is 1.39. The summed E-state index contributed by atoms with van der Waals surface area (Å²) in [4.78, 5) is 0. The molecule has 1 aromatic rings. The van der Waals surface area contributed by atoms with Gasteiger partial charge in [0.1, 0.15) is 5.82 Å². The fourth-order valence-corrected chi connectivity index (χ4v) is 2.61. The molecule has 1 fully saturated rings. The van der Waals surface area contributed by atoms with Crippen LogP contribution in [0.4, 0.5) is 10.1 Å². The predicted octanol–water partition coefficient (Wildman–Crippen LogP) is 4.51. The number of aryl methyl sites for hydroxylation is 1. The summed E-state index contributed by atoms with van der Waals surface area (Å²) in [6, 6.07) is 6.02. The van der Waals surface area contributed by atoms with Crippen LogP contribution >= 0.6 is 0 Å². The monoisotopic (exact) mass is 235 g/mol. The first-order chi connectivity index (χ1) is 8.16. The van der Waals surface area contributed by atoms with E-state index in [9.17, 15) is 4.39 Å². The molecule has 0 saturated heterocycles. The highest BCUT2D eigenvalue weighted by atomic mass is 19.1. The standard InChI is InChI=1S/C15H22FN/c1-11-5-3-7-13(10-9-11)17-14-8-4-6-12(2)15(14)16/h4,6,8,11,13,17H,3,5,7,9-10H2,1-2H3. The Morgan fingerprint density at radius 3 is 2.82 bits per heavy atom. The fourth-order valence-electron chi connectivity index (χ4n) is 2.61. The molecule has 17 heavy (non-hydrogen) atoms. The number of anilines is 1. The Bertz CT molecular complexity index is 375. The van der Waals surface area contributed by atoms with E-state index >= 15 is 0 Å². The Morgan fingerprint density at radius 1 is 1.18 bits per heavy atom. The largest absolute Gasteiger partial charge is 0.380 e. The molecule has 0 aromatic heterocycles. The van der Waals surface area contributed by atoms with E-state index in [0.717, 1.165) is 24.3 Å². The number of hydrogen-bond acceptors (Lipinski definition) is 1. The van der Waals surface area contributed by atoms with Gasteiger partial charge in [0.2, 0.25) is 0 Å². The van der Waals surface area contributed by atoms with Gasteiger partial charge in [0.25, 0.3) is 0 Å². The van der Waals surface area contributed by atoms with Gasteiger partial charge in [0.05, 0.1) is 5.69 Å². The van der Waals surface area contributed by atoms with Crippen LogP contribution in [0.1, 0.15) is 44.6 Å². The second kappa shape index (κ2) is 5.52. The van der Waals surface area contributed by atoms with Crippen LogP contribution in [-0.4, -0.2) is 6.04 Å². The van der Waals surface area contributed by atoms with Crippen molar-refractivity contribution < 1.29 is 4.39 Å². The highest BCUT2D eigenvalue weighted by molar-refractivity contribution is 5.48. The minimum atomic E-state index is -0.0928. The molecule has 94 valence electrons. The molecule has 2 unspecified atom stereocenters. The van der Waals surface area contributed by atoms with Gasteiger partial charge >= 0.3 is 0 Å². The SMILES string of the molecule is Cc1cccc(NC2CCCC(C)CC2)c1F. The summed E-state index contributed by atoms with van der Waals surface area (Å²) in [5.74, 6) is 0.731. The van der Waals surface area contributed by atoms with Crippen molar-refractivity contribution in [3.8, 4) is 0 Å². The summed E-state index contributed by atoms with van der Waals surface area (Å²) in [6.07, 6.45) is 6.15. The zero-order chi connectivity index (χ0) is 12.3. The molecule has 0 radical (unpaired) electrons. The Hall–Kier alpha value is -1.05. The number of hydrogen-bond donors (Lipinski definition) is 1. The van der Waals surface area contributed by atoms with Crippen LogP contribution in [-0.2, 0) is 0 Å². The van der Waals surface area contributed by atoms with Gasteiger partial charge in [0.15, 0.2) is 0 Å². The van der Waals surface area contributed by atoms with Gasteiger partial charge in [-0.05, 0) is 43.7 Å². The van der Waals surface area contributed by atoms with E-state index in [1.165, 1.54) is 19.3 Å². The molecule has 0 heterocycles. The lowest BCUT2D eigenvalue weighted by atomic mass is 10.0. The van der Waals surface area contributed by atoms with Crippen molar-refractivity contribution in [2.45, 2.75) is 52.0 Å². The van der Waals surface area contributed by atoms with E-state index in [-0.39, 0.29) is 5.82 Å². The lowest BCUT2D eigenvalue weighted by Crippen LogP contribution is -2.19. The molecular formula is C15H22FN. The quantitative estimate of drug-likeness (QED) is 0.743. The van der Waals surface area contributed by atoms with Crippen LogP contribution in [0.2, 0.25) is 0 Å². The van der Waals surface area contributed by atoms with Gasteiger partial charge < -0.3 is 5.32 Å². The second-order valence-corrected chi connectivity index (χ2v) is 5.39. The minimum Gasteiger partial charge on any atom is -0.380 e. The van der Waals surface area contributed by atoms with Crippen molar-refractivity contribution in [2.75, 3.05) is 5.32 Å². The van der Waals surface area contributed by atoms with Crippen LogP contribution in [0.25, 0.3) is 0 Å². The van der Waals surface area contributed by atoms with E-state index in [1.54, 1.807) is 0 Å². The summed E-state index contributed by atoms with van der Waals surface area (Å²) >= 11 is 0. The maximum atomic E-state index is 13.9. The first kappa shape index (κ1) is 12.4. The first-order valence-corrected chi connectivity index (χ1v) is 6.68. The third-order valence-electron chi connectivity index (χ3n) is 3.81. The maximum Gasteiger partial charge on any atom is 0.149 e.